The van der Waals surface area contributed by atoms with E-state index < -0.39 is 0 Å². The monoisotopic (exact) mass is 994 g/mol. The van der Waals surface area contributed by atoms with Crippen molar-refractivity contribution in [3.63, 3.8) is 0 Å². The van der Waals surface area contributed by atoms with Crippen LogP contribution in [0.25, 0.3) is 127 Å². The number of aromatic nitrogens is 2. The molecule has 0 spiro atoms. The fraction of sp³-hybridized carbons (Fsp3) is 0.0811. The maximum absolute atomic E-state index is 12.0. The molecule has 13 aromatic rings. The van der Waals surface area contributed by atoms with E-state index in [9.17, 15) is 11.8 Å². The van der Waals surface area contributed by atoms with Crippen LogP contribution in [0.5, 0.6) is 0 Å². The minimum Gasteiger partial charge on any atom is -0.309 e. The van der Waals surface area contributed by atoms with Crippen molar-refractivity contribution in [1.29, 1.82) is 5.26 Å². The SMILES string of the molecule is [C-]#[N+]c1c(-c2ccccc2)c(-c2ccc3c(c2)-c2cc(-n4c5ccccc5c5ccccc54)ccc2C3(C)C)c(C#N)c(-c2ccccc2)c1-c1ccc2c(c1)-c1cc(-n3c4ccccc4c4ccccc43)ccc1C2(C)C. The van der Waals surface area contributed by atoms with E-state index in [1.165, 1.54) is 54.9 Å². The van der Waals surface area contributed by atoms with Crippen LogP contribution >= 0.6 is 0 Å². The average molecular weight is 995 g/mol. The van der Waals surface area contributed by atoms with Crippen molar-refractivity contribution >= 4 is 49.3 Å². The zero-order valence-electron chi connectivity index (χ0n) is 43.7. The van der Waals surface area contributed by atoms with Crippen molar-refractivity contribution < 1.29 is 0 Å². The van der Waals surface area contributed by atoms with Crippen LogP contribution < -0.4 is 0 Å². The molecule has 366 valence electrons. The van der Waals surface area contributed by atoms with Gasteiger partial charge >= 0.3 is 0 Å². The summed E-state index contributed by atoms with van der Waals surface area (Å²) in [5.74, 6) is 0. The summed E-state index contributed by atoms with van der Waals surface area (Å²) in [7, 11) is 0. The molecule has 4 nitrogen and oxygen atoms in total. The summed E-state index contributed by atoms with van der Waals surface area (Å²) >= 11 is 0. The van der Waals surface area contributed by atoms with E-state index >= 15 is 0 Å². The van der Waals surface area contributed by atoms with E-state index in [0.29, 0.717) is 11.3 Å². The molecule has 0 atom stereocenters. The molecule has 78 heavy (non-hydrogen) atoms. The first-order valence-corrected chi connectivity index (χ1v) is 26.8. The van der Waals surface area contributed by atoms with Gasteiger partial charge in [-0.2, -0.15) is 5.26 Å². The lowest BCUT2D eigenvalue weighted by Gasteiger charge is -2.25. The minimum atomic E-state index is -0.283. The molecule has 15 rings (SSSR count). The van der Waals surface area contributed by atoms with Crippen LogP contribution in [0.2, 0.25) is 0 Å². The second-order valence-electron chi connectivity index (χ2n) is 22.1. The molecule has 0 amide bonds. The van der Waals surface area contributed by atoms with Gasteiger partial charge in [-0.1, -0.05) is 198 Å². The summed E-state index contributed by atoms with van der Waals surface area (Å²) < 4.78 is 4.77. The van der Waals surface area contributed by atoms with Gasteiger partial charge in [0.25, 0.3) is 0 Å². The smallest absolute Gasteiger partial charge is 0.203 e. The van der Waals surface area contributed by atoms with Crippen LogP contribution in [-0.4, -0.2) is 9.13 Å². The number of benzene rings is 11. The van der Waals surface area contributed by atoms with Crippen LogP contribution in [0, 0.1) is 17.9 Å². The van der Waals surface area contributed by atoms with Gasteiger partial charge in [0, 0.05) is 43.7 Å². The molecule has 4 heteroatoms. The fourth-order valence-corrected chi connectivity index (χ4v) is 13.8. The van der Waals surface area contributed by atoms with Crippen molar-refractivity contribution in [3.8, 4) is 84.2 Å². The average Bonchev–Trinajstić information content (AvgIpc) is 4.33. The van der Waals surface area contributed by atoms with Crippen LogP contribution in [0.3, 0.4) is 0 Å². The van der Waals surface area contributed by atoms with Gasteiger partial charge in [0.15, 0.2) is 0 Å². The number of fused-ring (bicyclic) bond motifs is 12. The summed E-state index contributed by atoms with van der Waals surface area (Å²) in [6.07, 6.45) is 0. The molecule has 0 aliphatic heterocycles. The van der Waals surface area contributed by atoms with Gasteiger partial charge in [0.05, 0.1) is 34.2 Å². The highest BCUT2D eigenvalue weighted by atomic mass is 15.0. The van der Waals surface area contributed by atoms with Crippen molar-refractivity contribution in [1.82, 2.24) is 9.13 Å². The van der Waals surface area contributed by atoms with Gasteiger partial charge in [-0.25, -0.2) is 4.85 Å². The Bertz CT molecular complexity index is 4390. The molecule has 0 radical (unpaired) electrons. The number of hydrogen-bond donors (Lipinski definition) is 0. The molecule has 2 aromatic heterocycles. The fourth-order valence-electron chi connectivity index (χ4n) is 13.8. The van der Waals surface area contributed by atoms with E-state index in [2.05, 4.69) is 242 Å². The molecular formula is C74H50N4. The van der Waals surface area contributed by atoms with E-state index in [1.807, 2.05) is 36.4 Å². The maximum atomic E-state index is 12.0. The molecule has 0 fully saturated rings. The minimum absolute atomic E-state index is 0.282. The third kappa shape index (κ3) is 6.32. The molecule has 0 saturated carbocycles. The summed E-state index contributed by atoms with van der Waals surface area (Å²) in [6.45, 7) is 18.6. The predicted molar refractivity (Wildman–Crippen MR) is 323 cm³/mol. The van der Waals surface area contributed by atoms with Crippen LogP contribution in [0.4, 0.5) is 5.69 Å². The summed E-state index contributed by atoms with van der Waals surface area (Å²) in [6, 6.07) is 85.3. The number of nitriles is 1. The van der Waals surface area contributed by atoms with Crippen molar-refractivity contribution in [3.05, 3.63) is 270 Å². The quantitative estimate of drug-likeness (QED) is 0.153. The van der Waals surface area contributed by atoms with Crippen LogP contribution in [0.1, 0.15) is 55.5 Å². The van der Waals surface area contributed by atoms with Crippen molar-refractivity contribution in [2.45, 2.75) is 38.5 Å². The third-order valence-corrected chi connectivity index (χ3v) is 17.4. The van der Waals surface area contributed by atoms with Gasteiger partial charge in [-0.05, 0) is 150 Å². The number of nitrogens with zero attached hydrogens (tertiary/aromatic N) is 4. The van der Waals surface area contributed by atoms with Crippen molar-refractivity contribution in [2.24, 2.45) is 0 Å². The highest BCUT2D eigenvalue weighted by Crippen LogP contribution is 2.57. The molecule has 2 heterocycles. The zero-order chi connectivity index (χ0) is 52.6. The van der Waals surface area contributed by atoms with E-state index in [-0.39, 0.29) is 10.8 Å². The molecule has 2 aliphatic carbocycles. The number of para-hydroxylation sites is 4. The highest BCUT2D eigenvalue weighted by Gasteiger charge is 2.39. The second kappa shape index (κ2) is 16.8. The lowest BCUT2D eigenvalue weighted by atomic mass is 9.78. The van der Waals surface area contributed by atoms with Crippen LogP contribution in [0.15, 0.2) is 231 Å². The second-order valence-corrected chi connectivity index (χ2v) is 22.1. The molecule has 0 saturated heterocycles. The lowest BCUT2D eigenvalue weighted by Crippen LogP contribution is -2.15. The molecule has 0 N–H and O–H groups in total. The third-order valence-electron chi connectivity index (χ3n) is 17.4. The van der Waals surface area contributed by atoms with Gasteiger partial charge in [0.2, 0.25) is 5.69 Å². The van der Waals surface area contributed by atoms with Crippen molar-refractivity contribution in [2.75, 3.05) is 0 Å². The molecular weight excluding hydrogens is 945 g/mol. The molecule has 0 bridgehead atoms. The Balaban J connectivity index is 0.971. The summed E-state index contributed by atoms with van der Waals surface area (Å²) in [5.41, 5.74) is 23.5. The normalized spacial score (nSPS) is 13.6. The summed E-state index contributed by atoms with van der Waals surface area (Å²) in [4.78, 5) is 4.60. The van der Waals surface area contributed by atoms with Gasteiger partial charge in [0.1, 0.15) is 6.07 Å². The van der Waals surface area contributed by atoms with E-state index in [1.54, 1.807) is 0 Å². The van der Waals surface area contributed by atoms with Gasteiger partial charge < -0.3 is 9.13 Å². The Kier molecular flexibility index (Phi) is 9.75. The Morgan fingerprint density at radius 3 is 1.08 bits per heavy atom. The van der Waals surface area contributed by atoms with Crippen LogP contribution in [-0.2, 0) is 10.8 Å². The molecule has 2 aliphatic rings. The Morgan fingerprint density at radius 1 is 0.359 bits per heavy atom. The Morgan fingerprint density at radius 2 is 0.679 bits per heavy atom. The number of hydrogen-bond acceptors (Lipinski definition) is 1. The summed E-state index contributed by atoms with van der Waals surface area (Å²) in [5, 5.41) is 16.9. The first kappa shape index (κ1) is 45.4. The largest absolute Gasteiger partial charge is 0.309 e. The van der Waals surface area contributed by atoms with Gasteiger partial charge in [-0.15, -0.1) is 0 Å². The van der Waals surface area contributed by atoms with Gasteiger partial charge in [-0.3, -0.25) is 0 Å². The number of rotatable bonds is 6. The standard InChI is InChI=1S/C74H50N4/c1-73(2)60-36-32-47(40-55(60)57-42-49(34-38-62(57)73)77-64-28-16-12-24-51(64)52-25-13-17-29-65(52)77)69-59(44-75)68(45-20-8-6-9-21-45)71(72(76-5)70(69)46-22-10-7-11-23-46)48-33-37-61-56(41-48)58-43-50(35-39-63(58)74(61,3)4)78-66-30-18-14-26-53(66)54-27-15-19-31-67(54)78/h6-43H,1-4H3. The first-order chi connectivity index (χ1) is 38.1. The zero-order valence-corrected chi connectivity index (χ0v) is 43.7. The topological polar surface area (TPSA) is 38.0 Å². The Labute approximate surface area is 453 Å². The maximum Gasteiger partial charge on any atom is 0.203 e. The molecule has 11 aromatic carbocycles. The highest BCUT2D eigenvalue weighted by molar-refractivity contribution is 6.12. The Hall–Kier alpha value is -10.0. The van der Waals surface area contributed by atoms with E-state index in [4.69, 9.17) is 0 Å². The predicted octanol–water partition coefficient (Wildman–Crippen LogP) is 19.6. The molecule has 0 unspecified atom stereocenters. The van der Waals surface area contributed by atoms with E-state index in [0.717, 1.165) is 89.1 Å². The lowest BCUT2D eigenvalue weighted by molar-refractivity contribution is 0.660. The first-order valence-electron chi connectivity index (χ1n) is 26.8.